The minimum Gasteiger partial charge on any atom is -0.508 e. The number of nitrogens with zero attached hydrogens (tertiary/aromatic N) is 4. The average molecular weight is 934 g/mol. The number of aliphatic hydroxyl groups excluding tert-OH is 2. The van der Waals surface area contributed by atoms with Gasteiger partial charge in [-0.05, 0) is 85.9 Å². The molecule has 6 atom stereocenters. The Hall–Kier alpha value is -6.10. The third-order valence-corrected chi connectivity index (χ3v) is 12.5. The quantitative estimate of drug-likeness (QED) is 0.0240. The molecule has 3 unspecified atom stereocenters. The molecule has 1 fully saturated rings. The number of phenolic OH excluding ortho intramolecular Hbond substituents is 1. The molecule has 0 radical (unpaired) electrons. The van der Waals surface area contributed by atoms with Crippen LogP contribution in [-0.4, -0.2) is 101 Å². The summed E-state index contributed by atoms with van der Waals surface area (Å²) in [7, 11) is -4.48. The van der Waals surface area contributed by atoms with Crippen molar-refractivity contribution >= 4 is 70.6 Å². The number of carbonyl (C=O) groups is 2. The number of carbonyl (C=O) groups excluding carboxylic acids is 1. The molecule has 2 aromatic heterocycles. The molecule has 0 saturated carbocycles. The monoisotopic (exact) mass is 933 g/mol. The number of nitrogens with one attached hydrogen (secondary N) is 3. The van der Waals surface area contributed by atoms with Crippen LogP contribution < -0.4 is 32.6 Å². The highest BCUT2D eigenvalue weighted by atomic mass is 32.1. The van der Waals surface area contributed by atoms with E-state index in [1.165, 1.54) is 35.4 Å². The van der Waals surface area contributed by atoms with Gasteiger partial charge in [0.2, 0.25) is 5.91 Å². The summed E-state index contributed by atoms with van der Waals surface area (Å²) in [6, 6.07) is 14.0. The molecule has 1 amide bonds. The summed E-state index contributed by atoms with van der Waals surface area (Å²) in [6.45, 7) is 1.80. The number of hydrogen-bond acceptors (Lipinski definition) is 17. The predicted octanol–water partition coefficient (Wildman–Crippen LogP) is 3.92. The van der Waals surface area contributed by atoms with Gasteiger partial charge in [0.25, 0.3) is 0 Å². The van der Waals surface area contributed by atoms with Gasteiger partial charge in [-0.25, -0.2) is 19.5 Å². The summed E-state index contributed by atoms with van der Waals surface area (Å²) in [4.78, 5) is 48.2. The van der Waals surface area contributed by atoms with E-state index in [0.717, 1.165) is 39.7 Å². The fourth-order valence-corrected chi connectivity index (χ4v) is 8.94. The number of aromatic hydroxyl groups is 1. The molecule has 0 spiro atoms. The van der Waals surface area contributed by atoms with Gasteiger partial charge in [-0.3, -0.25) is 33.1 Å². The van der Waals surface area contributed by atoms with Crippen molar-refractivity contribution in [1.29, 1.82) is 0 Å². The number of hydrogen-bond donors (Lipinski definition) is 9. The topological polar surface area (TPSA) is 322 Å². The number of rotatable bonds is 19. The van der Waals surface area contributed by atoms with Gasteiger partial charge in [0.15, 0.2) is 28.2 Å². The van der Waals surface area contributed by atoms with Crippen molar-refractivity contribution in [3.05, 3.63) is 83.0 Å². The van der Waals surface area contributed by atoms with Crippen LogP contribution in [-0.2, 0) is 27.9 Å². The molecule has 7 rings (SSSR count). The van der Waals surface area contributed by atoms with E-state index in [1.54, 1.807) is 18.2 Å². The van der Waals surface area contributed by atoms with Gasteiger partial charge in [-0.15, -0.1) is 0 Å². The lowest BCUT2D eigenvalue weighted by Gasteiger charge is -2.23. The van der Waals surface area contributed by atoms with E-state index in [-0.39, 0.29) is 41.2 Å². The van der Waals surface area contributed by atoms with E-state index in [0.29, 0.717) is 42.3 Å². The number of benzene rings is 3. The molecular formula is C42H48N9O12PS. The van der Waals surface area contributed by atoms with Crippen LogP contribution in [0.25, 0.3) is 44.6 Å². The van der Waals surface area contributed by atoms with Crippen molar-refractivity contribution in [3.63, 3.8) is 0 Å². The maximum Gasteiger partial charge on any atom is 0.435 e. The molecule has 3 aliphatic rings. The summed E-state index contributed by atoms with van der Waals surface area (Å²) >= 11 is 5.55. The number of thiocarbonyl (C=S) groups is 1. The second-order valence-electron chi connectivity index (χ2n) is 15.4. The number of aromatic nitrogens is 4. The predicted molar refractivity (Wildman–Crippen MR) is 242 cm³/mol. The van der Waals surface area contributed by atoms with E-state index in [9.17, 15) is 34.3 Å². The number of carboxylic acid groups (broad SMARTS) is 1. The average Bonchev–Trinajstić information content (AvgIpc) is 3.82. The highest BCUT2D eigenvalue weighted by Gasteiger charge is 2.46. The number of aliphatic carboxylic acids is 1. The lowest BCUT2D eigenvalue weighted by Crippen LogP contribution is -2.40. The first-order valence-electron chi connectivity index (χ1n) is 20.6. The smallest absolute Gasteiger partial charge is 0.435 e. The van der Waals surface area contributed by atoms with Crippen molar-refractivity contribution in [2.24, 2.45) is 5.73 Å². The molecule has 344 valence electrons. The maximum atomic E-state index is 13.9. The van der Waals surface area contributed by atoms with E-state index in [2.05, 4.69) is 30.7 Å². The minimum atomic E-state index is -4.48. The van der Waals surface area contributed by atoms with Crippen molar-refractivity contribution in [2.75, 3.05) is 30.8 Å². The highest BCUT2D eigenvalue weighted by Crippen LogP contribution is 2.46. The van der Waals surface area contributed by atoms with E-state index in [1.807, 2.05) is 25.1 Å². The SMILES string of the molecule is Cc1cc(NC(=S)NCCCCCCOP(=O)(NC(=O)[C@@H](N)CCC(=O)O)OC[C@H]2O[C@@H](n3cnc4c(N)ncnc43)C(O)C2O)ccc1-c1c2ccc(=O)cc-2oc2cc(O)ccc12. The Kier molecular flexibility index (Phi) is 14.7. The Bertz CT molecular complexity index is 2790. The number of unbranched alkanes of at least 4 members (excludes halogenated alkanes) is 3. The molecule has 2 aromatic carbocycles. The Morgan fingerprint density at radius 1 is 1.00 bits per heavy atom. The molecule has 65 heavy (non-hydrogen) atoms. The van der Waals surface area contributed by atoms with Gasteiger partial charge >= 0.3 is 13.7 Å². The van der Waals surface area contributed by atoms with Crippen LogP contribution in [0.3, 0.4) is 0 Å². The Morgan fingerprint density at radius 2 is 1.78 bits per heavy atom. The Morgan fingerprint density at radius 3 is 2.57 bits per heavy atom. The zero-order chi connectivity index (χ0) is 46.4. The second kappa shape index (κ2) is 20.4. The van der Waals surface area contributed by atoms with Gasteiger partial charge in [-0.1, -0.05) is 18.9 Å². The molecule has 2 aliphatic heterocycles. The Balaban J connectivity index is 0.889. The molecule has 4 heterocycles. The first kappa shape index (κ1) is 46.9. The van der Waals surface area contributed by atoms with Crippen molar-refractivity contribution in [3.8, 4) is 28.2 Å². The molecule has 1 aliphatic carbocycles. The van der Waals surface area contributed by atoms with Crippen LogP contribution in [0, 0.1) is 6.92 Å². The van der Waals surface area contributed by atoms with Gasteiger partial charge < -0.3 is 51.7 Å². The number of nitrogen functional groups attached to an aromatic ring is 1. The lowest BCUT2D eigenvalue weighted by atomic mass is 9.91. The number of carboxylic acids is 1. The number of imidazole rings is 1. The number of aryl methyl sites for hydroxylation is 1. The number of nitrogens with two attached hydrogens (primary N) is 2. The molecule has 21 nitrogen and oxygen atoms in total. The van der Waals surface area contributed by atoms with Crippen LogP contribution in [0.2, 0.25) is 0 Å². The normalized spacial score (nSPS) is 18.7. The number of fused-ring (bicyclic) bond motifs is 3. The number of amides is 1. The van der Waals surface area contributed by atoms with Gasteiger partial charge in [0.05, 0.1) is 25.6 Å². The first-order chi connectivity index (χ1) is 31.1. The Labute approximate surface area is 376 Å². The zero-order valence-electron chi connectivity index (χ0n) is 35.0. The van der Waals surface area contributed by atoms with Crippen LogP contribution in [0.5, 0.6) is 5.75 Å². The van der Waals surface area contributed by atoms with E-state index >= 15 is 0 Å². The zero-order valence-corrected chi connectivity index (χ0v) is 36.7. The summed E-state index contributed by atoms with van der Waals surface area (Å²) in [6.07, 6.45) is -1.14. The molecular weight excluding hydrogens is 886 g/mol. The first-order valence-corrected chi connectivity index (χ1v) is 22.5. The van der Waals surface area contributed by atoms with E-state index < -0.39 is 63.2 Å². The molecule has 11 N–H and O–H groups in total. The van der Waals surface area contributed by atoms with Gasteiger partial charge in [0.1, 0.15) is 47.2 Å². The molecule has 0 bridgehead atoms. The largest absolute Gasteiger partial charge is 0.508 e. The fourth-order valence-electron chi connectivity index (χ4n) is 7.37. The summed E-state index contributed by atoms with van der Waals surface area (Å²) < 4.78 is 38.2. The lowest BCUT2D eigenvalue weighted by molar-refractivity contribution is -0.137. The summed E-state index contributed by atoms with van der Waals surface area (Å²) in [5, 5.41) is 50.5. The molecule has 1 saturated heterocycles. The van der Waals surface area contributed by atoms with Crippen LogP contribution in [0.1, 0.15) is 50.3 Å². The third-order valence-electron chi connectivity index (χ3n) is 10.7. The summed E-state index contributed by atoms with van der Waals surface area (Å²) in [5.41, 5.74) is 16.7. The van der Waals surface area contributed by atoms with Crippen LogP contribution in [0.4, 0.5) is 11.5 Å². The standard InChI is InChI=1S/C42H48N9O12PS/c1-22-16-23(6-9-26(22)34-27-10-7-24(52)17-30(27)62-31-18-25(53)8-11-28(31)34)49-42(65)45-14-4-2-3-5-15-60-64(59,50-40(58)29(43)12-13-33(54)55)61-19-32-36(56)37(57)41(63-32)51-21-48-35-38(44)46-20-47-39(35)51/h6-11,16-18,20-21,29,32,36-37,41,52,56-57H,2-5,12-15,19,43H2,1H3,(H,54,55)(H2,44,46,47)(H2,45,49,65)(H,50,58,59)/t29-,32+,36?,37?,41+,64?/m0/s1. The van der Waals surface area contributed by atoms with Crippen molar-refractivity contribution in [1.82, 2.24) is 29.9 Å². The van der Waals surface area contributed by atoms with Crippen LogP contribution >= 0.6 is 20.0 Å². The number of phenols is 1. The third kappa shape index (κ3) is 11.1. The van der Waals surface area contributed by atoms with Gasteiger partial charge in [0, 0.05) is 47.3 Å². The number of ether oxygens (including phenoxy) is 1. The fraction of sp³-hybridized carbons (Fsp3) is 0.357. The van der Waals surface area contributed by atoms with Crippen molar-refractivity contribution < 1.29 is 52.8 Å². The van der Waals surface area contributed by atoms with E-state index in [4.69, 9.17) is 47.0 Å². The van der Waals surface area contributed by atoms with Crippen LogP contribution in [0.15, 0.2) is 76.5 Å². The maximum absolute atomic E-state index is 13.9. The van der Waals surface area contributed by atoms with Crippen molar-refractivity contribution in [2.45, 2.75) is 76.0 Å². The number of anilines is 2. The molecule has 4 aromatic rings. The highest BCUT2D eigenvalue weighted by molar-refractivity contribution is 7.80. The number of aliphatic hydroxyl groups is 2. The second-order valence-corrected chi connectivity index (χ2v) is 17.6. The van der Waals surface area contributed by atoms with Gasteiger partial charge in [-0.2, -0.15) is 0 Å². The molecule has 23 heteroatoms. The summed E-state index contributed by atoms with van der Waals surface area (Å²) in [5.74, 6) is -1.59. The minimum absolute atomic E-state index is 0.0443.